The van der Waals surface area contributed by atoms with E-state index in [1.54, 1.807) is 11.3 Å². The van der Waals surface area contributed by atoms with Gasteiger partial charge in [0.2, 0.25) is 0 Å². The van der Waals surface area contributed by atoms with Crippen molar-refractivity contribution in [2.45, 2.75) is 46.1 Å². The van der Waals surface area contributed by atoms with Gasteiger partial charge in [-0.2, -0.15) is 11.3 Å². The average Bonchev–Trinajstić information content (AvgIpc) is 2.68. The Kier molecular flexibility index (Phi) is 3.41. The molecule has 1 nitrogen and oxygen atoms in total. The molecule has 1 aliphatic rings. The molecular formula is C14H22OS. The second-order valence-corrected chi connectivity index (χ2v) is 6.67. The Labute approximate surface area is 103 Å². The van der Waals surface area contributed by atoms with Crippen molar-refractivity contribution in [2.75, 3.05) is 0 Å². The summed E-state index contributed by atoms with van der Waals surface area (Å²) in [4.78, 5) is 0. The maximum atomic E-state index is 10.5. The normalized spacial score (nSPS) is 31.2. The van der Waals surface area contributed by atoms with E-state index in [9.17, 15) is 5.11 Å². The number of thiophene rings is 1. The van der Waals surface area contributed by atoms with Crippen LogP contribution in [0.5, 0.6) is 0 Å². The summed E-state index contributed by atoms with van der Waals surface area (Å²) in [6.45, 7) is 6.91. The lowest BCUT2D eigenvalue weighted by Gasteiger charge is -2.45. The highest BCUT2D eigenvalue weighted by atomic mass is 32.1. The molecule has 1 fully saturated rings. The summed E-state index contributed by atoms with van der Waals surface area (Å²) in [7, 11) is 0. The third-order valence-electron chi connectivity index (χ3n) is 4.22. The smallest absolute Gasteiger partial charge is 0.0833 e. The van der Waals surface area contributed by atoms with Crippen molar-refractivity contribution in [1.82, 2.24) is 0 Å². The van der Waals surface area contributed by atoms with E-state index < -0.39 is 0 Å². The predicted molar refractivity (Wildman–Crippen MR) is 69.6 cm³/mol. The molecule has 0 bridgehead atoms. The van der Waals surface area contributed by atoms with Crippen molar-refractivity contribution in [1.29, 1.82) is 0 Å². The zero-order valence-electron chi connectivity index (χ0n) is 10.4. The Morgan fingerprint density at radius 2 is 2.25 bits per heavy atom. The van der Waals surface area contributed by atoms with E-state index in [0.29, 0.717) is 11.8 Å². The molecule has 0 aromatic carbocycles. The van der Waals surface area contributed by atoms with Gasteiger partial charge in [0, 0.05) is 0 Å². The lowest BCUT2D eigenvalue weighted by Crippen LogP contribution is -2.37. The molecule has 16 heavy (non-hydrogen) atoms. The molecule has 1 aliphatic carbocycles. The molecule has 90 valence electrons. The lowest BCUT2D eigenvalue weighted by atomic mass is 9.61. The zero-order valence-corrected chi connectivity index (χ0v) is 11.3. The third-order valence-corrected chi connectivity index (χ3v) is 4.92. The van der Waals surface area contributed by atoms with Gasteiger partial charge in [-0.15, -0.1) is 0 Å². The van der Waals surface area contributed by atoms with Crippen molar-refractivity contribution in [3.05, 3.63) is 22.4 Å². The summed E-state index contributed by atoms with van der Waals surface area (Å²) in [6, 6.07) is 2.06. The standard InChI is InChI=1S/C14H22OS/c1-10-5-4-7-14(2,3)12(10)13(15)11-6-8-16-9-11/h6,8-10,12-13,15H,4-5,7H2,1-3H3/t10-,12-,13+/m0/s1. The Morgan fingerprint density at radius 3 is 2.81 bits per heavy atom. The van der Waals surface area contributed by atoms with Gasteiger partial charge in [0.05, 0.1) is 6.10 Å². The second-order valence-electron chi connectivity index (χ2n) is 5.89. The number of hydrogen-bond donors (Lipinski definition) is 1. The number of rotatable bonds is 2. The van der Waals surface area contributed by atoms with Crippen molar-refractivity contribution in [2.24, 2.45) is 17.3 Å². The second kappa shape index (κ2) is 4.50. The SMILES string of the molecule is C[C@H]1CCCC(C)(C)[C@@H]1[C@H](O)c1ccsc1. The molecule has 1 heterocycles. The molecule has 1 N–H and O–H groups in total. The van der Waals surface area contributed by atoms with Crippen molar-refractivity contribution in [3.8, 4) is 0 Å². The van der Waals surface area contributed by atoms with Crippen LogP contribution in [0.3, 0.4) is 0 Å². The van der Waals surface area contributed by atoms with Crippen LogP contribution in [0, 0.1) is 17.3 Å². The van der Waals surface area contributed by atoms with E-state index in [2.05, 4.69) is 37.6 Å². The van der Waals surface area contributed by atoms with Crippen molar-refractivity contribution >= 4 is 11.3 Å². The molecule has 0 radical (unpaired) electrons. The van der Waals surface area contributed by atoms with Gasteiger partial charge in [-0.3, -0.25) is 0 Å². The van der Waals surface area contributed by atoms with Crippen LogP contribution >= 0.6 is 11.3 Å². The van der Waals surface area contributed by atoms with Gasteiger partial charge in [0.25, 0.3) is 0 Å². The molecule has 2 heteroatoms. The third kappa shape index (κ3) is 2.18. The first-order valence-electron chi connectivity index (χ1n) is 6.22. The van der Waals surface area contributed by atoms with Gasteiger partial charge in [-0.25, -0.2) is 0 Å². The van der Waals surface area contributed by atoms with Crippen LogP contribution in [-0.2, 0) is 0 Å². The number of hydrogen-bond acceptors (Lipinski definition) is 2. The Morgan fingerprint density at radius 1 is 1.50 bits per heavy atom. The van der Waals surface area contributed by atoms with Gasteiger partial charge in [0.15, 0.2) is 0 Å². The fourth-order valence-electron chi connectivity index (χ4n) is 3.39. The summed E-state index contributed by atoms with van der Waals surface area (Å²) in [5.74, 6) is 1.02. The van der Waals surface area contributed by atoms with Gasteiger partial charge in [-0.05, 0) is 46.1 Å². The topological polar surface area (TPSA) is 20.2 Å². The van der Waals surface area contributed by atoms with Gasteiger partial charge in [0.1, 0.15) is 0 Å². The Hall–Kier alpha value is -0.340. The molecule has 1 aromatic heterocycles. The van der Waals surface area contributed by atoms with E-state index in [1.165, 1.54) is 19.3 Å². The Bertz CT molecular complexity index is 329. The van der Waals surface area contributed by atoms with Crippen molar-refractivity contribution in [3.63, 3.8) is 0 Å². The molecule has 2 rings (SSSR count). The maximum Gasteiger partial charge on any atom is 0.0833 e. The van der Waals surface area contributed by atoms with E-state index in [1.807, 2.05) is 0 Å². The molecule has 0 aliphatic heterocycles. The van der Waals surface area contributed by atoms with E-state index in [-0.39, 0.29) is 11.5 Å². The van der Waals surface area contributed by atoms with Gasteiger partial charge < -0.3 is 5.11 Å². The van der Waals surface area contributed by atoms with Gasteiger partial charge in [-0.1, -0.05) is 33.6 Å². The summed E-state index contributed by atoms with van der Waals surface area (Å²) in [5.41, 5.74) is 1.37. The highest BCUT2D eigenvalue weighted by molar-refractivity contribution is 7.07. The molecule has 0 amide bonds. The van der Waals surface area contributed by atoms with Crippen LogP contribution in [0.1, 0.15) is 51.7 Å². The van der Waals surface area contributed by atoms with E-state index >= 15 is 0 Å². The van der Waals surface area contributed by atoms with Crippen LogP contribution in [0.15, 0.2) is 16.8 Å². The lowest BCUT2D eigenvalue weighted by molar-refractivity contribution is -0.0290. The highest BCUT2D eigenvalue weighted by Crippen LogP contribution is 2.49. The molecule has 0 saturated heterocycles. The fourth-order valence-corrected chi connectivity index (χ4v) is 4.07. The van der Waals surface area contributed by atoms with Crippen LogP contribution in [-0.4, -0.2) is 5.11 Å². The minimum atomic E-state index is -0.281. The predicted octanol–water partition coefficient (Wildman–Crippen LogP) is 4.24. The van der Waals surface area contributed by atoms with E-state index in [4.69, 9.17) is 0 Å². The van der Waals surface area contributed by atoms with Crippen LogP contribution in [0.2, 0.25) is 0 Å². The highest BCUT2D eigenvalue weighted by Gasteiger charge is 2.41. The zero-order chi connectivity index (χ0) is 11.8. The first-order valence-corrected chi connectivity index (χ1v) is 7.17. The summed E-state index contributed by atoms with van der Waals surface area (Å²) < 4.78 is 0. The summed E-state index contributed by atoms with van der Waals surface area (Å²) in [6.07, 6.45) is 3.52. The number of aliphatic hydroxyl groups excluding tert-OH is 1. The molecule has 1 aromatic rings. The largest absolute Gasteiger partial charge is 0.388 e. The monoisotopic (exact) mass is 238 g/mol. The van der Waals surface area contributed by atoms with Gasteiger partial charge >= 0.3 is 0 Å². The van der Waals surface area contributed by atoms with E-state index in [0.717, 1.165) is 5.56 Å². The molecule has 0 unspecified atom stereocenters. The molecule has 3 atom stereocenters. The van der Waals surface area contributed by atoms with Crippen molar-refractivity contribution < 1.29 is 5.11 Å². The minimum Gasteiger partial charge on any atom is -0.388 e. The van der Waals surface area contributed by atoms with Crippen LogP contribution in [0.25, 0.3) is 0 Å². The molecule has 0 spiro atoms. The molecule has 1 saturated carbocycles. The quantitative estimate of drug-likeness (QED) is 0.817. The first-order chi connectivity index (χ1) is 7.52. The van der Waals surface area contributed by atoms with Crippen LogP contribution < -0.4 is 0 Å². The Balaban J connectivity index is 2.23. The minimum absolute atomic E-state index is 0.263. The molecular weight excluding hydrogens is 216 g/mol. The number of aliphatic hydroxyl groups is 1. The fraction of sp³-hybridized carbons (Fsp3) is 0.714. The van der Waals surface area contributed by atoms with Crippen LogP contribution in [0.4, 0.5) is 0 Å². The summed E-state index contributed by atoms with van der Waals surface area (Å²) in [5, 5.41) is 14.7. The first kappa shape index (κ1) is 12.1. The average molecular weight is 238 g/mol. The maximum absolute atomic E-state index is 10.5. The summed E-state index contributed by atoms with van der Waals surface area (Å²) >= 11 is 1.67.